The molecule has 1 N–H and O–H groups in total. The summed E-state index contributed by atoms with van der Waals surface area (Å²) in [5.41, 5.74) is 0.394. The van der Waals surface area contributed by atoms with Gasteiger partial charge in [-0.3, -0.25) is 0 Å². The first kappa shape index (κ1) is 8.27. The third kappa shape index (κ3) is 1.03. The van der Waals surface area contributed by atoms with Crippen LogP contribution in [-0.4, -0.2) is 5.11 Å². The third-order valence-corrected chi connectivity index (χ3v) is 4.69. The molecule has 3 heteroatoms. The zero-order chi connectivity index (χ0) is 9.05. The van der Waals surface area contributed by atoms with Crippen LogP contribution in [0.2, 0.25) is 4.34 Å². The van der Waals surface area contributed by atoms with Gasteiger partial charge in [-0.05, 0) is 42.5 Å². The number of hydrogen-bond donors (Lipinski definition) is 1. The fourth-order valence-corrected chi connectivity index (χ4v) is 3.76. The van der Waals surface area contributed by atoms with Crippen molar-refractivity contribution in [2.45, 2.75) is 24.9 Å². The maximum absolute atomic E-state index is 10.5. The second-order valence-corrected chi connectivity index (χ2v) is 5.69. The van der Waals surface area contributed by atoms with Crippen LogP contribution in [0.1, 0.15) is 24.8 Å². The molecule has 3 unspecified atom stereocenters. The van der Waals surface area contributed by atoms with Crippen LogP contribution in [0.5, 0.6) is 0 Å². The Labute approximate surface area is 86.3 Å². The smallest absolute Gasteiger partial charge is 0.0989 e. The average molecular weight is 215 g/mol. The second kappa shape index (κ2) is 2.50. The van der Waals surface area contributed by atoms with Crippen LogP contribution < -0.4 is 0 Å². The zero-order valence-electron chi connectivity index (χ0n) is 7.16. The van der Waals surface area contributed by atoms with E-state index in [0.717, 1.165) is 22.2 Å². The van der Waals surface area contributed by atoms with E-state index >= 15 is 0 Å². The molecule has 2 fully saturated rings. The molecule has 70 valence electrons. The van der Waals surface area contributed by atoms with Crippen LogP contribution in [-0.2, 0) is 5.60 Å². The summed E-state index contributed by atoms with van der Waals surface area (Å²) in [6.07, 6.45) is 3.27. The molecule has 0 aliphatic heterocycles. The molecular formula is C10H11ClOS. The quantitative estimate of drug-likeness (QED) is 0.762. The molecule has 1 aromatic rings. The van der Waals surface area contributed by atoms with Gasteiger partial charge in [0.2, 0.25) is 0 Å². The molecule has 2 aliphatic rings. The minimum atomic E-state index is -0.582. The zero-order valence-corrected chi connectivity index (χ0v) is 8.74. The highest BCUT2D eigenvalue weighted by molar-refractivity contribution is 7.14. The van der Waals surface area contributed by atoms with Gasteiger partial charge < -0.3 is 5.11 Å². The van der Waals surface area contributed by atoms with Gasteiger partial charge in [0.1, 0.15) is 0 Å². The van der Waals surface area contributed by atoms with E-state index in [1.807, 2.05) is 11.4 Å². The molecule has 1 heterocycles. The standard InChI is InChI=1S/C10H11ClOS/c11-9-7(2-4-13-9)10(12)3-1-6-5-8(6)10/h2,4,6,8,12H,1,3,5H2. The van der Waals surface area contributed by atoms with E-state index in [4.69, 9.17) is 11.6 Å². The summed E-state index contributed by atoms with van der Waals surface area (Å²) in [5.74, 6) is 1.28. The Kier molecular flexibility index (Phi) is 1.59. The molecule has 0 spiro atoms. The molecule has 2 saturated carbocycles. The van der Waals surface area contributed by atoms with Crippen molar-refractivity contribution in [1.82, 2.24) is 0 Å². The monoisotopic (exact) mass is 214 g/mol. The highest BCUT2D eigenvalue weighted by Crippen LogP contribution is 2.62. The number of fused-ring (bicyclic) bond motifs is 1. The van der Waals surface area contributed by atoms with Gasteiger partial charge in [-0.25, -0.2) is 0 Å². The number of hydrogen-bond acceptors (Lipinski definition) is 2. The lowest BCUT2D eigenvalue weighted by atomic mass is 9.91. The van der Waals surface area contributed by atoms with Gasteiger partial charge in [0.05, 0.1) is 9.94 Å². The van der Waals surface area contributed by atoms with E-state index in [2.05, 4.69) is 0 Å². The van der Waals surface area contributed by atoms with Crippen molar-refractivity contribution in [2.24, 2.45) is 11.8 Å². The van der Waals surface area contributed by atoms with E-state index in [1.54, 1.807) is 0 Å². The SMILES string of the molecule is OC1(c2ccsc2Cl)CCC2CC21. The Morgan fingerprint density at radius 1 is 1.62 bits per heavy atom. The van der Waals surface area contributed by atoms with Crippen LogP contribution in [0.15, 0.2) is 11.4 Å². The Morgan fingerprint density at radius 3 is 2.92 bits per heavy atom. The molecule has 13 heavy (non-hydrogen) atoms. The van der Waals surface area contributed by atoms with Gasteiger partial charge in [0, 0.05) is 5.56 Å². The maximum atomic E-state index is 10.5. The highest BCUT2D eigenvalue weighted by atomic mass is 35.5. The minimum absolute atomic E-state index is 0.500. The molecule has 1 aromatic heterocycles. The van der Waals surface area contributed by atoms with Crippen LogP contribution in [0, 0.1) is 11.8 Å². The van der Waals surface area contributed by atoms with E-state index in [9.17, 15) is 5.11 Å². The molecule has 0 amide bonds. The Hall–Kier alpha value is -0.0500. The predicted molar refractivity (Wildman–Crippen MR) is 54.1 cm³/mol. The topological polar surface area (TPSA) is 20.2 Å². The van der Waals surface area contributed by atoms with Gasteiger partial charge in [-0.2, -0.15) is 0 Å². The summed E-state index contributed by atoms with van der Waals surface area (Å²) >= 11 is 7.57. The Balaban J connectivity index is 2.04. The van der Waals surface area contributed by atoms with Gasteiger partial charge in [0.15, 0.2) is 0 Å². The van der Waals surface area contributed by atoms with Crippen molar-refractivity contribution in [2.75, 3.05) is 0 Å². The largest absolute Gasteiger partial charge is 0.385 e. The fourth-order valence-electron chi connectivity index (χ4n) is 2.68. The second-order valence-electron chi connectivity index (χ2n) is 4.17. The molecule has 1 nitrogen and oxygen atoms in total. The molecule has 2 aliphatic carbocycles. The van der Waals surface area contributed by atoms with Gasteiger partial charge in [-0.15, -0.1) is 11.3 Å². The summed E-state index contributed by atoms with van der Waals surface area (Å²) in [6.45, 7) is 0. The van der Waals surface area contributed by atoms with Gasteiger partial charge in [0.25, 0.3) is 0 Å². The van der Waals surface area contributed by atoms with Crippen LogP contribution in [0.25, 0.3) is 0 Å². The molecule has 0 bridgehead atoms. The molecule has 0 saturated heterocycles. The Bertz CT molecular complexity index is 348. The van der Waals surface area contributed by atoms with E-state index < -0.39 is 5.60 Å². The number of thiophene rings is 1. The van der Waals surface area contributed by atoms with Gasteiger partial charge >= 0.3 is 0 Å². The lowest BCUT2D eigenvalue weighted by molar-refractivity contribution is 0.0212. The summed E-state index contributed by atoms with van der Waals surface area (Å²) < 4.78 is 0.773. The lowest BCUT2D eigenvalue weighted by Crippen LogP contribution is -2.24. The highest BCUT2D eigenvalue weighted by Gasteiger charge is 2.58. The van der Waals surface area contributed by atoms with E-state index in [0.29, 0.717) is 5.92 Å². The first-order chi connectivity index (χ1) is 6.22. The van der Waals surface area contributed by atoms with Gasteiger partial charge in [-0.1, -0.05) is 11.6 Å². The van der Waals surface area contributed by atoms with Crippen molar-refractivity contribution < 1.29 is 5.11 Å². The van der Waals surface area contributed by atoms with Crippen LogP contribution in [0.3, 0.4) is 0 Å². The normalized spacial score (nSPS) is 42.0. The number of halogens is 1. The number of aliphatic hydroxyl groups is 1. The fraction of sp³-hybridized carbons (Fsp3) is 0.600. The summed E-state index contributed by atoms with van der Waals surface area (Å²) in [6, 6.07) is 1.98. The van der Waals surface area contributed by atoms with Crippen LogP contribution >= 0.6 is 22.9 Å². The van der Waals surface area contributed by atoms with Crippen molar-refractivity contribution in [1.29, 1.82) is 0 Å². The summed E-state index contributed by atoms with van der Waals surface area (Å²) in [4.78, 5) is 0. The third-order valence-electron chi connectivity index (χ3n) is 3.52. The Morgan fingerprint density at radius 2 is 2.46 bits per heavy atom. The van der Waals surface area contributed by atoms with Crippen molar-refractivity contribution >= 4 is 22.9 Å². The van der Waals surface area contributed by atoms with Crippen LogP contribution in [0.4, 0.5) is 0 Å². The molecule has 0 radical (unpaired) electrons. The van der Waals surface area contributed by atoms with Crippen molar-refractivity contribution in [3.8, 4) is 0 Å². The van der Waals surface area contributed by atoms with Crippen molar-refractivity contribution in [3.05, 3.63) is 21.3 Å². The van der Waals surface area contributed by atoms with E-state index in [-0.39, 0.29) is 0 Å². The molecule has 3 atom stereocenters. The predicted octanol–water partition coefficient (Wildman–Crippen LogP) is 3.02. The average Bonchev–Trinajstić information content (AvgIpc) is 2.67. The molecular weight excluding hydrogens is 204 g/mol. The lowest BCUT2D eigenvalue weighted by Gasteiger charge is -2.24. The summed E-state index contributed by atoms with van der Waals surface area (Å²) in [7, 11) is 0. The number of rotatable bonds is 1. The maximum Gasteiger partial charge on any atom is 0.0989 e. The summed E-state index contributed by atoms with van der Waals surface area (Å²) in [5, 5.41) is 12.4. The molecule has 3 rings (SSSR count). The first-order valence-electron chi connectivity index (χ1n) is 4.67. The molecule has 0 aromatic carbocycles. The van der Waals surface area contributed by atoms with Crippen molar-refractivity contribution in [3.63, 3.8) is 0 Å². The minimum Gasteiger partial charge on any atom is -0.385 e. The van der Waals surface area contributed by atoms with E-state index in [1.165, 1.54) is 24.2 Å². The first-order valence-corrected chi connectivity index (χ1v) is 5.93.